The Kier molecular flexibility index (Phi) is 5.99. The quantitative estimate of drug-likeness (QED) is 0.435. The highest BCUT2D eigenvalue weighted by Gasteiger charge is 2.29. The summed E-state index contributed by atoms with van der Waals surface area (Å²) in [4.78, 5) is 28.3. The largest absolute Gasteiger partial charge is 0.437 e. The van der Waals surface area contributed by atoms with Crippen LogP contribution in [0.25, 0.3) is 5.82 Å². The number of pyridine rings is 1. The molecule has 8 nitrogen and oxygen atoms in total. The zero-order valence-corrected chi connectivity index (χ0v) is 18.5. The third-order valence-corrected chi connectivity index (χ3v) is 5.77. The Bertz CT molecular complexity index is 1250. The summed E-state index contributed by atoms with van der Waals surface area (Å²) in [5, 5.41) is 4.75. The first-order valence-electron chi connectivity index (χ1n) is 10.7. The van der Waals surface area contributed by atoms with Gasteiger partial charge in [-0.3, -0.25) is 9.78 Å². The number of carbonyl (C=O) groups is 1. The molecular weight excluding hydrogens is 440 g/mol. The van der Waals surface area contributed by atoms with E-state index in [-0.39, 0.29) is 11.8 Å². The molecule has 1 aromatic carbocycles. The number of benzene rings is 1. The molecule has 1 amide bonds. The van der Waals surface area contributed by atoms with Crippen LogP contribution in [0.1, 0.15) is 34.8 Å². The Balaban J connectivity index is 1.32. The number of aromatic nitrogens is 5. The highest BCUT2D eigenvalue weighted by Crippen LogP contribution is 2.33. The van der Waals surface area contributed by atoms with Gasteiger partial charge in [0.15, 0.2) is 5.82 Å². The first-order valence-corrected chi connectivity index (χ1v) is 11.0. The van der Waals surface area contributed by atoms with E-state index in [1.165, 1.54) is 0 Å². The van der Waals surface area contributed by atoms with Crippen LogP contribution < -0.4 is 4.74 Å². The topological polar surface area (TPSA) is 86.0 Å². The number of likely N-dealkylation sites (tertiary alicyclic amines) is 1. The maximum absolute atomic E-state index is 13.2. The van der Waals surface area contributed by atoms with Crippen LogP contribution in [0.5, 0.6) is 11.6 Å². The van der Waals surface area contributed by atoms with Crippen molar-refractivity contribution >= 4 is 17.5 Å². The summed E-state index contributed by atoms with van der Waals surface area (Å²) in [6, 6.07) is 12.6. The molecule has 1 atom stereocenters. The van der Waals surface area contributed by atoms with E-state index in [0.29, 0.717) is 41.1 Å². The second-order valence-electron chi connectivity index (χ2n) is 7.75. The number of amides is 1. The van der Waals surface area contributed by atoms with Gasteiger partial charge in [-0.1, -0.05) is 17.7 Å². The van der Waals surface area contributed by atoms with Crippen molar-refractivity contribution in [3.8, 4) is 17.4 Å². The molecule has 5 rings (SSSR count). The normalized spacial score (nSPS) is 15.9. The van der Waals surface area contributed by atoms with Gasteiger partial charge >= 0.3 is 0 Å². The highest BCUT2D eigenvalue weighted by molar-refractivity contribution is 6.30. The van der Waals surface area contributed by atoms with Crippen LogP contribution in [0, 0.1) is 0 Å². The molecule has 3 aromatic heterocycles. The molecular formula is C24H21ClN6O2. The average Bonchev–Trinajstić information content (AvgIpc) is 3.39. The summed E-state index contributed by atoms with van der Waals surface area (Å²) >= 11 is 6.08. The smallest absolute Gasteiger partial charge is 0.255 e. The molecule has 1 unspecified atom stereocenters. The number of ether oxygens (including phenoxy) is 1. The Morgan fingerprint density at radius 2 is 1.97 bits per heavy atom. The number of rotatable bonds is 5. The van der Waals surface area contributed by atoms with Crippen molar-refractivity contribution in [3.63, 3.8) is 0 Å². The van der Waals surface area contributed by atoms with Crippen LogP contribution in [-0.2, 0) is 0 Å². The molecule has 1 fully saturated rings. The fraction of sp³-hybridized carbons (Fsp3) is 0.208. The van der Waals surface area contributed by atoms with Crippen LogP contribution >= 0.6 is 11.6 Å². The molecule has 9 heteroatoms. The monoisotopic (exact) mass is 460 g/mol. The fourth-order valence-electron chi connectivity index (χ4n) is 3.96. The maximum Gasteiger partial charge on any atom is 0.255 e. The van der Waals surface area contributed by atoms with Gasteiger partial charge in [0.05, 0.1) is 5.56 Å². The van der Waals surface area contributed by atoms with Gasteiger partial charge in [0.2, 0.25) is 5.88 Å². The van der Waals surface area contributed by atoms with Crippen molar-refractivity contribution in [2.24, 2.45) is 0 Å². The minimum absolute atomic E-state index is 0.0156. The molecule has 1 aliphatic heterocycles. The lowest BCUT2D eigenvalue weighted by atomic mass is 9.94. The summed E-state index contributed by atoms with van der Waals surface area (Å²) in [6.07, 6.45) is 10.1. The molecule has 4 aromatic rings. The summed E-state index contributed by atoms with van der Waals surface area (Å²) in [5.74, 6) is 1.65. The third-order valence-electron chi connectivity index (χ3n) is 5.53. The van der Waals surface area contributed by atoms with E-state index in [2.05, 4.69) is 20.1 Å². The maximum atomic E-state index is 13.2. The average molecular weight is 461 g/mol. The molecule has 1 aliphatic rings. The number of carbonyl (C=O) groups excluding carboxylic acids is 1. The number of hydrogen-bond acceptors (Lipinski definition) is 6. The van der Waals surface area contributed by atoms with E-state index in [1.807, 2.05) is 29.3 Å². The number of halogens is 1. The summed E-state index contributed by atoms with van der Waals surface area (Å²) in [7, 11) is 0. The van der Waals surface area contributed by atoms with Crippen molar-refractivity contribution in [2.75, 3.05) is 13.1 Å². The van der Waals surface area contributed by atoms with E-state index in [1.54, 1.807) is 53.7 Å². The molecule has 1 saturated heterocycles. The van der Waals surface area contributed by atoms with Crippen molar-refractivity contribution < 1.29 is 9.53 Å². The van der Waals surface area contributed by atoms with Crippen molar-refractivity contribution in [1.29, 1.82) is 0 Å². The molecule has 4 heterocycles. The fourth-order valence-corrected chi connectivity index (χ4v) is 4.14. The second kappa shape index (κ2) is 9.38. The molecule has 0 aliphatic carbocycles. The van der Waals surface area contributed by atoms with E-state index in [4.69, 9.17) is 16.3 Å². The molecule has 0 bridgehead atoms. The zero-order chi connectivity index (χ0) is 22.6. The Hall–Kier alpha value is -3.78. The van der Waals surface area contributed by atoms with Crippen molar-refractivity contribution in [3.05, 3.63) is 89.7 Å². The van der Waals surface area contributed by atoms with Gasteiger partial charge in [-0.05, 0) is 49.2 Å². The van der Waals surface area contributed by atoms with Crippen LogP contribution in [0.15, 0.2) is 73.4 Å². The molecule has 0 saturated carbocycles. The summed E-state index contributed by atoms with van der Waals surface area (Å²) < 4.78 is 7.65. The van der Waals surface area contributed by atoms with Gasteiger partial charge < -0.3 is 9.64 Å². The van der Waals surface area contributed by atoms with Crippen LogP contribution in [-0.4, -0.2) is 48.6 Å². The first kappa shape index (κ1) is 21.1. The molecule has 166 valence electrons. The minimum Gasteiger partial charge on any atom is -0.437 e. The molecule has 0 radical (unpaired) electrons. The summed E-state index contributed by atoms with van der Waals surface area (Å²) in [6.45, 7) is 1.21. The number of hydrogen-bond donors (Lipinski definition) is 0. The second-order valence-corrected chi connectivity index (χ2v) is 8.19. The Labute approximate surface area is 195 Å². The minimum atomic E-state index is -0.0552. The van der Waals surface area contributed by atoms with E-state index < -0.39 is 0 Å². The Morgan fingerprint density at radius 3 is 2.76 bits per heavy atom. The predicted molar refractivity (Wildman–Crippen MR) is 123 cm³/mol. The van der Waals surface area contributed by atoms with E-state index in [0.717, 1.165) is 18.5 Å². The summed E-state index contributed by atoms with van der Waals surface area (Å²) in [5.41, 5.74) is 1.28. The van der Waals surface area contributed by atoms with Gasteiger partial charge in [0.1, 0.15) is 11.4 Å². The lowest BCUT2D eigenvalue weighted by molar-refractivity contribution is 0.0704. The van der Waals surface area contributed by atoms with Crippen LogP contribution in [0.4, 0.5) is 0 Å². The van der Waals surface area contributed by atoms with E-state index >= 15 is 0 Å². The number of nitrogens with zero attached hydrogens (tertiary/aromatic N) is 6. The SMILES string of the molecule is O=C(c1ccc(-n2cccn2)nc1)N1CCCC(c2nccnc2Oc2cccc(Cl)c2)C1. The van der Waals surface area contributed by atoms with Gasteiger partial charge in [-0.2, -0.15) is 5.10 Å². The van der Waals surface area contributed by atoms with Crippen molar-refractivity contribution in [1.82, 2.24) is 29.6 Å². The standard InChI is InChI=1S/C24H21ClN6O2/c25-19-5-1-6-20(14-19)33-23-22(26-10-11-27-23)18-4-2-12-30(16-18)24(32)17-7-8-21(28-15-17)31-13-3-9-29-31/h1,3,5-11,13-15,18H,2,4,12,16H2. The molecule has 0 spiro atoms. The van der Waals surface area contributed by atoms with Gasteiger partial charge in [0, 0.05) is 55.0 Å². The third kappa shape index (κ3) is 4.70. The lowest BCUT2D eigenvalue weighted by Crippen LogP contribution is -2.39. The van der Waals surface area contributed by atoms with Crippen LogP contribution in [0.3, 0.4) is 0 Å². The molecule has 0 N–H and O–H groups in total. The van der Waals surface area contributed by atoms with Gasteiger partial charge in [-0.15, -0.1) is 0 Å². The van der Waals surface area contributed by atoms with E-state index in [9.17, 15) is 4.79 Å². The number of piperidine rings is 1. The van der Waals surface area contributed by atoms with Crippen LogP contribution in [0.2, 0.25) is 5.02 Å². The van der Waals surface area contributed by atoms with Gasteiger partial charge in [-0.25, -0.2) is 14.6 Å². The van der Waals surface area contributed by atoms with Crippen molar-refractivity contribution in [2.45, 2.75) is 18.8 Å². The zero-order valence-electron chi connectivity index (χ0n) is 17.7. The molecule has 33 heavy (non-hydrogen) atoms. The Morgan fingerprint density at radius 1 is 1.06 bits per heavy atom. The van der Waals surface area contributed by atoms with Gasteiger partial charge in [0.25, 0.3) is 5.91 Å². The lowest BCUT2D eigenvalue weighted by Gasteiger charge is -2.32. The highest BCUT2D eigenvalue weighted by atomic mass is 35.5. The first-order chi connectivity index (χ1) is 16.2. The predicted octanol–water partition coefficient (Wildman–Crippen LogP) is 4.52.